The molecule has 2 aromatic carbocycles. The van der Waals surface area contributed by atoms with Gasteiger partial charge in [-0.3, -0.25) is 0 Å². The molecule has 2 aromatic rings. The van der Waals surface area contributed by atoms with E-state index in [0.717, 1.165) is 19.0 Å². The zero-order chi connectivity index (χ0) is 21.2. The van der Waals surface area contributed by atoms with Gasteiger partial charge in [-0.1, -0.05) is 89.3 Å². The quantitative estimate of drug-likeness (QED) is 0.346. The van der Waals surface area contributed by atoms with E-state index in [0.29, 0.717) is 4.90 Å². The van der Waals surface area contributed by atoms with E-state index in [1.807, 2.05) is 6.07 Å². The Kier molecular flexibility index (Phi) is 8.38. The van der Waals surface area contributed by atoms with E-state index in [2.05, 4.69) is 108 Å². The topological polar surface area (TPSA) is 34.1 Å². The van der Waals surface area contributed by atoms with Crippen LogP contribution in [0, 0.1) is 0 Å². The fraction of sp³-hybridized carbons (Fsp3) is 0.429. The van der Waals surface area contributed by atoms with Crippen molar-refractivity contribution in [3.05, 3.63) is 60.9 Å². The number of halogens is 3. The Labute approximate surface area is 189 Å². The predicted molar refractivity (Wildman–Crippen MR) is 126 cm³/mol. The van der Waals surface area contributed by atoms with Gasteiger partial charge in [0, 0.05) is 19.7 Å². The lowest BCUT2D eigenvalue weighted by Gasteiger charge is -2.20. The lowest BCUT2D eigenvalue weighted by molar-refractivity contribution is 0.584. The largest absolute Gasteiger partial charge is 0.224 e. The molecule has 0 aliphatic carbocycles. The lowest BCUT2D eigenvalue weighted by atomic mass is 9.87. The highest BCUT2D eigenvalue weighted by molar-refractivity contribution is 9.11. The number of hydrogen-bond acceptors (Lipinski definition) is 2. The lowest BCUT2D eigenvalue weighted by Crippen LogP contribution is -2.12. The van der Waals surface area contributed by atoms with Crippen molar-refractivity contribution >= 4 is 57.6 Å². The third-order valence-electron chi connectivity index (χ3n) is 3.89. The molecule has 0 heterocycles. The third kappa shape index (κ3) is 8.38. The summed E-state index contributed by atoms with van der Waals surface area (Å²) < 4.78 is 25.9. The van der Waals surface area contributed by atoms with Crippen molar-refractivity contribution in [1.82, 2.24) is 0 Å². The molecule has 0 atom stereocenters. The van der Waals surface area contributed by atoms with E-state index in [9.17, 15) is 8.42 Å². The van der Waals surface area contributed by atoms with Crippen LogP contribution in [-0.2, 0) is 20.7 Å². The van der Waals surface area contributed by atoms with Crippen LogP contribution >= 0.6 is 47.8 Å². The van der Waals surface area contributed by atoms with Crippen LogP contribution in [0.15, 0.2) is 54.7 Å². The minimum Gasteiger partial charge on any atom is -0.224 e. The molecule has 27 heavy (non-hydrogen) atoms. The minimum atomic E-state index is -3.14. The Hall–Kier alpha value is -0.170. The van der Waals surface area contributed by atoms with Gasteiger partial charge in [0.1, 0.15) is 0 Å². The van der Waals surface area contributed by atoms with Crippen molar-refractivity contribution < 1.29 is 8.42 Å². The molecule has 0 aliphatic heterocycles. The molecule has 2 nitrogen and oxygen atoms in total. The van der Waals surface area contributed by atoms with E-state index < -0.39 is 9.84 Å². The smallest absolute Gasteiger partial charge is 0.175 e. The monoisotopic (exact) mass is 580 g/mol. The first kappa shape index (κ1) is 24.9. The van der Waals surface area contributed by atoms with E-state index in [1.54, 1.807) is 12.1 Å². The van der Waals surface area contributed by atoms with Crippen LogP contribution in [0.2, 0.25) is 0 Å². The minimum absolute atomic E-state index is 0.0524. The Morgan fingerprint density at radius 3 is 1.30 bits per heavy atom. The molecule has 0 unspecified atom stereocenters. The zero-order valence-electron chi connectivity index (χ0n) is 16.8. The number of sulfone groups is 1. The molecule has 0 saturated carbocycles. The van der Waals surface area contributed by atoms with Crippen molar-refractivity contribution in [2.75, 3.05) is 6.26 Å². The van der Waals surface area contributed by atoms with Gasteiger partial charge < -0.3 is 0 Å². The number of rotatable bonds is 1. The average Bonchev–Trinajstić information content (AvgIpc) is 2.43. The van der Waals surface area contributed by atoms with Crippen molar-refractivity contribution in [1.29, 1.82) is 0 Å². The Balaban J connectivity index is 0.000000277. The summed E-state index contributed by atoms with van der Waals surface area (Å²) in [5.74, 6) is 0. The fourth-order valence-electron chi connectivity index (χ4n) is 2.20. The molecule has 0 amide bonds. The molecule has 0 aromatic heterocycles. The maximum Gasteiger partial charge on any atom is 0.175 e. The predicted octanol–water partition coefficient (Wildman–Crippen LogP) is 7.66. The fourth-order valence-corrected chi connectivity index (χ4v) is 4.82. The van der Waals surface area contributed by atoms with Gasteiger partial charge >= 0.3 is 0 Å². The Bertz CT molecular complexity index is 886. The SMILES string of the molecule is CC(C)(C)c1cc(Br)cc(Br)c1.CC(C)(C)c1cc(Br)cc(S(C)(=O)=O)c1. The van der Waals surface area contributed by atoms with E-state index >= 15 is 0 Å². The van der Waals surface area contributed by atoms with Gasteiger partial charge in [-0.05, 0) is 58.4 Å². The highest BCUT2D eigenvalue weighted by Gasteiger charge is 2.18. The van der Waals surface area contributed by atoms with Crippen LogP contribution in [0.5, 0.6) is 0 Å². The molecule has 0 N–H and O–H groups in total. The van der Waals surface area contributed by atoms with E-state index in [-0.39, 0.29) is 10.8 Å². The van der Waals surface area contributed by atoms with Crippen LogP contribution in [0.1, 0.15) is 52.7 Å². The summed E-state index contributed by atoms with van der Waals surface area (Å²) in [7, 11) is -3.14. The number of benzene rings is 2. The van der Waals surface area contributed by atoms with Crippen molar-refractivity contribution in [3.63, 3.8) is 0 Å². The van der Waals surface area contributed by atoms with Crippen LogP contribution < -0.4 is 0 Å². The van der Waals surface area contributed by atoms with Gasteiger partial charge in [-0.15, -0.1) is 0 Å². The van der Waals surface area contributed by atoms with Gasteiger partial charge in [0.2, 0.25) is 0 Å². The Morgan fingerprint density at radius 2 is 0.963 bits per heavy atom. The summed E-state index contributed by atoms with van der Waals surface area (Å²) >= 11 is 10.3. The van der Waals surface area contributed by atoms with Crippen LogP contribution in [0.25, 0.3) is 0 Å². The molecular formula is C21H27Br3O2S. The highest BCUT2D eigenvalue weighted by atomic mass is 79.9. The second-order valence-corrected chi connectivity index (χ2v) is 13.4. The van der Waals surface area contributed by atoms with E-state index in [4.69, 9.17) is 0 Å². The van der Waals surface area contributed by atoms with Gasteiger partial charge in [-0.25, -0.2) is 8.42 Å². The average molecular weight is 583 g/mol. The second-order valence-electron chi connectivity index (χ2n) is 8.61. The first-order valence-corrected chi connectivity index (χ1v) is 12.7. The summed E-state index contributed by atoms with van der Waals surface area (Å²) in [5.41, 5.74) is 2.51. The van der Waals surface area contributed by atoms with E-state index in [1.165, 1.54) is 11.8 Å². The molecule has 150 valence electrons. The first-order chi connectivity index (χ1) is 12.0. The van der Waals surface area contributed by atoms with Gasteiger partial charge in [-0.2, -0.15) is 0 Å². The highest BCUT2D eigenvalue weighted by Crippen LogP contribution is 2.29. The normalized spacial score (nSPS) is 12.4. The maximum absolute atomic E-state index is 11.4. The van der Waals surface area contributed by atoms with Crippen LogP contribution in [0.3, 0.4) is 0 Å². The van der Waals surface area contributed by atoms with Crippen LogP contribution in [0.4, 0.5) is 0 Å². The standard InChI is InChI=1S/C11H15BrO2S.C10H12Br2/c1-11(2,3)8-5-9(12)7-10(6-8)15(4,13)14;1-10(2,3)7-4-8(11)6-9(12)5-7/h5-7H,1-4H3;4-6H,1-3H3. The van der Waals surface area contributed by atoms with Gasteiger partial charge in [0.25, 0.3) is 0 Å². The molecular weight excluding hydrogens is 556 g/mol. The summed E-state index contributed by atoms with van der Waals surface area (Å²) in [6, 6.07) is 11.7. The number of hydrogen-bond donors (Lipinski definition) is 0. The summed E-state index contributed by atoms with van der Waals surface area (Å²) in [6.07, 6.45) is 1.22. The maximum atomic E-state index is 11.4. The molecule has 0 radical (unpaired) electrons. The van der Waals surface area contributed by atoms with Gasteiger partial charge in [0.15, 0.2) is 9.84 Å². The molecule has 0 saturated heterocycles. The van der Waals surface area contributed by atoms with Crippen molar-refractivity contribution in [2.45, 2.75) is 57.3 Å². The summed E-state index contributed by atoms with van der Waals surface area (Å²) in [4.78, 5) is 0.363. The first-order valence-electron chi connectivity index (χ1n) is 8.48. The summed E-state index contributed by atoms with van der Waals surface area (Å²) in [6.45, 7) is 12.8. The molecule has 0 spiro atoms. The molecule has 0 bridgehead atoms. The zero-order valence-corrected chi connectivity index (χ0v) is 22.4. The van der Waals surface area contributed by atoms with Crippen LogP contribution in [-0.4, -0.2) is 14.7 Å². The van der Waals surface area contributed by atoms with Gasteiger partial charge in [0.05, 0.1) is 4.90 Å². The second kappa shape index (κ2) is 9.10. The molecule has 0 aliphatic rings. The summed E-state index contributed by atoms with van der Waals surface area (Å²) in [5, 5.41) is 0. The Morgan fingerprint density at radius 1 is 0.630 bits per heavy atom. The molecule has 2 rings (SSSR count). The third-order valence-corrected chi connectivity index (χ3v) is 6.36. The molecule has 6 heteroatoms. The van der Waals surface area contributed by atoms with Crippen molar-refractivity contribution in [3.8, 4) is 0 Å². The molecule has 0 fully saturated rings. The van der Waals surface area contributed by atoms with Crippen molar-refractivity contribution in [2.24, 2.45) is 0 Å².